The number of ether oxygens (including phenoxy) is 1. The molecule has 1 heterocycles. The summed E-state index contributed by atoms with van der Waals surface area (Å²) in [6, 6.07) is 7.75. The third-order valence-corrected chi connectivity index (χ3v) is 5.28. The second kappa shape index (κ2) is 8.02. The number of hydrogen-bond acceptors (Lipinski definition) is 3. The molecule has 0 aliphatic carbocycles. The molecule has 1 aliphatic rings. The Morgan fingerprint density at radius 1 is 1.25 bits per heavy atom. The van der Waals surface area contributed by atoms with Crippen molar-refractivity contribution in [1.29, 1.82) is 0 Å². The van der Waals surface area contributed by atoms with Gasteiger partial charge in [0, 0.05) is 25.4 Å². The largest absolute Gasteiger partial charge is 0.497 e. The highest BCUT2D eigenvalue weighted by atomic mass is 16.5. The molecule has 1 aliphatic heterocycles. The molecule has 1 N–H and O–H groups in total. The van der Waals surface area contributed by atoms with Crippen molar-refractivity contribution in [3.05, 3.63) is 29.8 Å². The first kappa shape index (κ1) is 18.8. The molecule has 0 aromatic heterocycles. The highest BCUT2D eigenvalue weighted by Gasteiger charge is 2.30. The van der Waals surface area contributed by atoms with Crippen LogP contribution in [0.25, 0.3) is 0 Å². The zero-order chi connectivity index (χ0) is 17.7. The van der Waals surface area contributed by atoms with E-state index >= 15 is 0 Å². The maximum Gasteiger partial charge on any atom is 0.222 e. The fourth-order valence-corrected chi connectivity index (χ4v) is 3.51. The van der Waals surface area contributed by atoms with E-state index < -0.39 is 0 Å². The minimum absolute atomic E-state index is 0.0405. The lowest BCUT2D eigenvalue weighted by Gasteiger charge is -2.30. The molecule has 1 aromatic carbocycles. The summed E-state index contributed by atoms with van der Waals surface area (Å²) in [5, 5.41) is 9.81. The van der Waals surface area contributed by atoms with Gasteiger partial charge in [0.25, 0.3) is 0 Å². The van der Waals surface area contributed by atoms with Crippen LogP contribution < -0.4 is 4.74 Å². The first-order chi connectivity index (χ1) is 11.3. The second-order valence-corrected chi connectivity index (χ2v) is 7.88. The van der Waals surface area contributed by atoms with Crippen molar-refractivity contribution in [2.45, 2.75) is 46.0 Å². The molecule has 2 rings (SSSR count). The van der Waals surface area contributed by atoms with Gasteiger partial charge in [0.2, 0.25) is 5.91 Å². The maximum atomic E-state index is 12.5. The smallest absolute Gasteiger partial charge is 0.222 e. The quantitative estimate of drug-likeness (QED) is 0.898. The van der Waals surface area contributed by atoms with E-state index in [1.165, 1.54) is 0 Å². The lowest BCUT2D eigenvalue weighted by Crippen LogP contribution is -2.35. The summed E-state index contributed by atoms with van der Waals surface area (Å²) in [5.74, 6) is 1.54. The van der Waals surface area contributed by atoms with E-state index in [-0.39, 0.29) is 23.8 Å². The minimum Gasteiger partial charge on any atom is -0.497 e. The molecule has 24 heavy (non-hydrogen) atoms. The Kier molecular flexibility index (Phi) is 6.27. The topological polar surface area (TPSA) is 49.8 Å². The number of methoxy groups -OCH3 is 1. The molecule has 1 saturated heterocycles. The number of aliphatic hydroxyl groups excluding tert-OH is 1. The molecular weight excluding hydrogens is 302 g/mol. The lowest BCUT2D eigenvalue weighted by molar-refractivity contribution is -0.131. The van der Waals surface area contributed by atoms with Crippen molar-refractivity contribution in [3.8, 4) is 5.75 Å². The van der Waals surface area contributed by atoms with Crippen LogP contribution in [0, 0.1) is 11.3 Å². The molecule has 1 fully saturated rings. The normalized spacial score (nSPS) is 20.6. The zero-order valence-electron chi connectivity index (χ0n) is 15.4. The highest BCUT2D eigenvalue weighted by molar-refractivity contribution is 5.76. The summed E-state index contributed by atoms with van der Waals surface area (Å²) < 4.78 is 5.18. The lowest BCUT2D eigenvalue weighted by atomic mass is 9.77. The summed E-state index contributed by atoms with van der Waals surface area (Å²) >= 11 is 0. The molecule has 2 unspecified atom stereocenters. The van der Waals surface area contributed by atoms with Crippen molar-refractivity contribution < 1.29 is 14.6 Å². The molecule has 1 aromatic rings. The Hall–Kier alpha value is -1.55. The Labute approximate surface area is 145 Å². The van der Waals surface area contributed by atoms with E-state index in [0.29, 0.717) is 18.9 Å². The zero-order valence-corrected chi connectivity index (χ0v) is 15.4. The van der Waals surface area contributed by atoms with Gasteiger partial charge in [-0.15, -0.1) is 0 Å². The van der Waals surface area contributed by atoms with Gasteiger partial charge in [-0.2, -0.15) is 0 Å². The summed E-state index contributed by atoms with van der Waals surface area (Å²) in [5.41, 5.74) is 1.28. The SMILES string of the molecule is COc1ccc(C(CO)CN2CCC(C(C)(C)C)CCC2=O)cc1. The molecule has 134 valence electrons. The summed E-state index contributed by atoms with van der Waals surface area (Å²) in [6.07, 6.45) is 2.61. The first-order valence-corrected chi connectivity index (χ1v) is 8.87. The van der Waals surface area contributed by atoms with Gasteiger partial charge >= 0.3 is 0 Å². The van der Waals surface area contributed by atoms with Crippen LogP contribution in [0.15, 0.2) is 24.3 Å². The molecular formula is C20H31NO3. The number of carbonyl (C=O) groups is 1. The Morgan fingerprint density at radius 3 is 2.46 bits per heavy atom. The van der Waals surface area contributed by atoms with Gasteiger partial charge < -0.3 is 14.7 Å². The van der Waals surface area contributed by atoms with E-state index in [9.17, 15) is 9.90 Å². The van der Waals surface area contributed by atoms with Gasteiger partial charge in [0.1, 0.15) is 5.75 Å². The van der Waals surface area contributed by atoms with Gasteiger partial charge in [-0.05, 0) is 41.9 Å². The summed E-state index contributed by atoms with van der Waals surface area (Å²) in [7, 11) is 1.64. The number of rotatable bonds is 5. The van der Waals surface area contributed by atoms with Crippen LogP contribution in [0.2, 0.25) is 0 Å². The standard InChI is InChI=1S/C20H31NO3/c1-20(2,3)17-7-10-19(23)21(12-11-17)13-16(14-22)15-5-8-18(24-4)9-6-15/h5-6,8-9,16-17,22H,7,10-14H2,1-4H3. The van der Waals surface area contributed by atoms with Crippen molar-refractivity contribution in [3.63, 3.8) is 0 Å². The molecule has 2 atom stereocenters. The van der Waals surface area contributed by atoms with Crippen molar-refractivity contribution in [1.82, 2.24) is 4.90 Å². The highest BCUT2D eigenvalue weighted by Crippen LogP contribution is 2.35. The van der Waals surface area contributed by atoms with Crippen LogP contribution in [0.3, 0.4) is 0 Å². The monoisotopic (exact) mass is 333 g/mol. The molecule has 0 bridgehead atoms. The average molecular weight is 333 g/mol. The third kappa shape index (κ3) is 4.73. The van der Waals surface area contributed by atoms with E-state index in [4.69, 9.17) is 4.74 Å². The van der Waals surface area contributed by atoms with Crippen LogP contribution in [-0.2, 0) is 4.79 Å². The molecule has 0 saturated carbocycles. The maximum absolute atomic E-state index is 12.5. The minimum atomic E-state index is -0.0500. The van der Waals surface area contributed by atoms with Gasteiger partial charge in [0.05, 0.1) is 13.7 Å². The predicted molar refractivity (Wildman–Crippen MR) is 96.2 cm³/mol. The fraction of sp³-hybridized carbons (Fsp3) is 0.650. The molecule has 4 nitrogen and oxygen atoms in total. The Bertz CT molecular complexity index is 533. The number of hydrogen-bond donors (Lipinski definition) is 1. The number of aliphatic hydroxyl groups is 1. The molecule has 0 spiro atoms. The van der Waals surface area contributed by atoms with Crippen LogP contribution >= 0.6 is 0 Å². The van der Waals surface area contributed by atoms with Crippen LogP contribution in [0.1, 0.15) is 51.5 Å². The first-order valence-electron chi connectivity index (χ1n) is 8.87. The summed E-state index contributed by atoms with van der Waals surface area (Å²) in [4.78, 5) is 14.4. The number of nitrogens with zero attached hydrogens (tertiary/aromatic N) is 1. The van der Waals surface area contributed by atoms with Gasteiger partial charge in [-0.3, -0.25) is 4.79 Å². The summed E-state index contributed by atoms with van der Waals surface area (Å²) in [6.45, 7) is 8.17. The van der Waals surface area contributed by atoms with E-state index in [1.807, 2.05) is 29.2 Å². The van der Waals surface area contributed by atoms with Crippen molar-refractivity contribution in [2.24, 2.45) is 11.3 Å². The fourth-order valence-electron chi connectivity index (χ4n) is 3.51. The van der Waals surface area contributed by atoms with Gasteiger partial charge in [0.15, 0.2) is 0 Å². The second-order valence-electron chi connectivity index (χ2n) is 7.88. The molecule has 0 radical (unpaired) electrons. The average Bonchev–Trinajstić information content (AvgIpc) is 2.74. The van der Waals surface area contributed by atoms with Crippen molar-refractivity contribution >= 4 is 5.91 Å². The number of carbonyl (C=O) groups excluding carboxylic acids is 1. The molecule has 1 amide bonds. The van der Waals surface area contributed by atoms with Crippen molar-refractivity contribution in [2.75, 3.05) is 26.8 Å². The number of likely N-dealkylation sites (tertiary alicyclic amines) is 1. The van der Waals surface area contributed by atoms with Crippen LogP contribution in [-0.4, -0.2) is 42.7 Å². The molecule has 4 heteroatoms. The van der Waals surface area contributed by atoms with E-state index in [0.717, 1.165) is 30.7 Å². The van der Waals surface area contributed by atoms with E-state index in [2.05, 4.69) is 20.8 Å². The third-order valence-electron chi connectivity index (χ3n) is 5.28. The Balaban J connectivity index is 2.05. The Morgan fingerprint density at radius 2 is 1.92 bits per heavy atom. The van der Waals surface area contributed by atoms with Gasteiger partial charge in [-0.1, -0.05) is 32.9 Å². The van der Waals surface area contributed by atoms with E-state index in [1.54, 1.807) is 7.11 Å². The van der Waals surface area contributed by atoms with Crippen LogP contribution in [0.5, 0.6) is 5.75 Å². The van der Waals surface area contributed by atoms with Gasteiger partial charge in [-0.25, -0.2) is 0 Å². The number of amides is 1. The number of benzene rings is 1. The van der Waals surface area contributed by atoms with Crippen LogP contribution in [0.4, 0.5) is 0 Å². The predicted octanol–water partition coefficient (Wildman–Crippen LogP) is 3.45.